The smallest absolute Gasteiger partial charge is 0.269 e. The lowest BCUT2D eigenvalue weighted by Gasteiger charge is -2.30. The zero-order chi connectivity index (χ0) is 23.3. The molecule has 0 amide bonds. The van der Waals surface area contributed by atoms with Gasteiger partial charge in [-0.3, -0.25) is 14.9 Å². The normalized spacial score (nSPS) is 15.1. The number of ether oxygens (including phenoxy) is 1. The molecule has 4 heterocycles. The number of ketones is 1. The Morgan fingerprint density at radius 3 is 2.73 bits per heavy atom. The van der Waals surface area contributed by atoms with Crippen LogP contribution in [0, 0.1) is 10.1 Å². The van der Waals surface area contributed by atoms with Crippen molar-refractivity contribution in [3.63, 3.8) is 0 Å². The van der Waals surface area contributed by atoms with E-state index in [4.69, 9.17) is 9.72 Å². The fourth-order valence-electron chi connectivity index (χ4n) is 3.80. The molecular formula is C21H19N5O4S3. The topological polar surface area (TPSA) is 113 Å². The Hall–Kier alpha value is -2.54. The van der Waals surface area contributed by atoms with Crippen LogP contribution in [0.4, 0.5) is 5.69 Å². The second-order valence-corrected chi connectivity index (χ2v) is 11.0. The third-order valence-corrected chi connectivity index (χ3v) is 8.10. The van der Waals surface area contributed by atoms with E-state index in [9.17, 15) is 14.9 Å². The number of thiophene rings is 1. The van der Waals surface area contributed by atoms with Crippen molar-refractivity contribution in [2.75, 3.05) is 12.0 Å². The number of hydrogen-bond donors (Lipinski definition) is 0. The first-order chi connectivity index (χ1) is 15.8. The number of carbonyl (C=O) groups is 1. The van der Waals surface area contributed by atoms with E-state index in [-0.39, 0.29) is 22.8 Å². The van der Waals surface area contributed by atoms with Gasteiger partial charge in [0.1, 0.15) is 4.83 Å². The van der Waals surface area contributed by atoms with Crippen LogP contribution in [0.1, 0.15) is 34.6 Å². The number of benzene rings is 1. The molecule has 0 spiro atoms. The molecule has 170 valence electrons. The van der Waals surface area contributed by atoms with Gasteiger partial charge in [0.05, 0.1) is 28.3 Å². The minimum atomic E-state index is -0.487. The Bertz CT molecular complexity index is 1410. The van der Waals surface area contributed by atoms with Crippen LogP contribution in [0.3, 0.4) is 0 Å². The van der Waals surface area contributed by atoms with Crippen molar-refractivity contribution >= 4 is 62.2 Å². The number of nitro groups is 1. The van der Waals surface area contributed by atoms with Gasteiger partial charge in [-0.15, -0.1) is 21.5 Å². The van der Waals surface area contributed by atoms with Crippen LogP contribution in [-0.2, 0) is 17.8 Å². The molecule has 33 heavy (non-hydrogen) atoms. The van der Waals surface area contributed by atoms with Gasteiger partial charge < -0.3 is 4.74 Å². The lowest BCUT2D eigenvalue weighted by molar-refractivity contribution is -0.384. The number of Topliss-reactive ketones (excluding diaryl/α,β-unsaturated/α-hetero) is 1. The second kappa shape index (κ2) is 8.35. The summed E-state index contributed by atoms with van der Waals surface area (Å²) < 4.78 is 7.89. The highest BCUT2D eigenvalue weighted by molar-refractivity contribution is 8.00. The zero-order valence-corrected chi connectivity index (χ0v) is 20.5. The van der Waals surface area contributed by atoms with Crippen LogP contribution in [0.25, 0.3) is 15.9 Å². The Morgan fingerprint density at radius 1 is 1.27 bits per heavy atom. The molecule has 3 aromatic heterocycles. The predicted molar refractivity (Wildman–Crippen MR) is 129 cm³/mol. The molecular weight excluding hydrogens is 482 g/mol. The van der Waals surface area contributed by atoms with Crippen LogP contribution in [0.5, 0.6) is 0 Å². The molecule has 0 bridgehead atoms. The maximum atomic E-state index is 12.7. The number of nitro benzene ring substituents is 1. The summed E-state index contributed by atoms with van der Waals surface area (Å²) in [4.78, 5) is 30.0. The molecule has 0 N–H and O–H groups in total. The Labute approximate surface area is 201 Å². The quantitative estimate of drug-likeness (QED) is 0.121. The minimum absolute atomic E-state index is 0.0463. The standard InChI is InChI=1S/C21H19N5O4S3/c1-21(2)8-13-15(9-30-21)33-18-16(13)17-23-24-20(25(17)19(22-18)31-3)32-10-14(27)11-4-6-12(7-5-11)26(28)29/h4-7H,8-10H2,1-3H3. The predicted octanol–water partition coefficient (Wildman–Crippen LogP) is 4.80. The van der Waals surface area contributed by atoms with E-state index in [0.717, 1.165) is 27.4 Å². The van der Waals surface area contributed by atoms with Gasteiger partial charge in [0.25, 0.3) is 5.69 Å². The van der Waals surface area contributed by atoms with Gasteiger partial charge in [-0.05, 0) is 37.8 Å². The third kappa shape index (κ3) is 4.01. The van der Waals surface area contributed by atoms with E-state index in [1.807, 2.05) is 10.7 Å². The molecule has 0 aliphatic carbocycles. The van der Waals surface area contributed by atoms with Crippen LogP contribution in [-0.4, -0.2) is 47.9 Å². The first-order valence-electron chi connectivity index (χ1n) is 10.0. The molecule has 1 aliphatic rings. The molecule has 0 radical (unpaired) electrons. The highest BCUT2D eigenvalue weighted by Gasteiger charge is 2.31. The molecule has 0 fully saturated rings. The molecule has 4 aromatic rings. The number of nitrogens with zero attached hydrogens (tertiary/aromatic N) is 5. The van der Waals surface area contributed by atoms with Crippen molar-refractivity contribution in [2.45, 2.75) is 42.8 Å². The molecule has 0 atom stereocenters. The maximum Gasteiger partial charge on any atom is 0.269 e. The van der Waals surface area contributed by atoms with Crippen molar-refractivity contribution in [2.24, 2.45) is 0 Å². The first kappa shape index (κ1) is 22.3. The van der Waals surface area contributed by atoms with E-state index < -0.39 is 4.92 Å². The highest BCUT2D eigenvalue weighted by Crippen LogP contribution is 2.41. The van der Waals surface area contributed by atoms with Crippen molar-refractivity contribution in [1.82, 2.24) is 19.6 Å². The number of non-ortho nitro benzene ring substituents is 1. The van der Waals surface area contributed by atoms with E-state index in [2.05, 4.69) is 24.0 Å². The molecule has 0 saturated heterocycles. The first-order valence-corrected chi connectivity index (χ1v) is 13.1. The van der Waals surface area contributed by atoms with Gasteiger partial charge in [0.15, 0.2) is 21.7 Å². The van der Waals surface area contributed by atoms with Crippen LogP contribution >= 0.6 is 34.9 Å². The fraction of sp³-hybridized carbons (Fsp3) is 0.333. The van der Waals surface area contributed by atoms with Crippen LogP contribution in [0.15, 0.2) is 34.6 Å². The average molecular weight is 502 g/mol. The van der Waals surface area contributed by atoms with E-state index in [1.54, 1.807) is 11.3 Å². The van der Waals surface area contributed by atoms with Gasteiger partial charge >= 0.3 is 0 Å². The number of aromatic nitrogens is 4. The summed E-state index contributed by atoms with van der Waals surface area (Å²) in [5, 5.41) is 22.0. The van der Waals surface area contributed by atoms with E-state index in [1.165, 1.54) is 58.2 Å². The average Bonchev–Trinajstić information content (AvgIpc) is 3.37. The molecule has 1 aliphatic heterocycles. The fourth-order valence-corrected chi connectivity index (χ4v) is 6.38. The van der Waals surface area contributed by atoms with Crippen LogP contribution < -0.4 is 0 Å². The summed E-state index contributed by atoms with van der Waals surface area (Å²) in [6.45, 7) is 4.72. The van der Waals surface area contributed by atoms with Crippen molar-refractivity contribution in [3.05, 3.63) is 50.4 Å². The van der Waals surface area contributed by atoms with Crippen molar-refractivity contribution < 1.29 is 14.5 Å². The lowest BCUT2D eigenvalue weighted by atomic mass is 9.94. The third-order valence-electron chi connectivity index (χ3n) is 5.43. The summed E-state index contributed by atoms with van der Waals surface area (Å²) >= 11 is 4.41. The molecule has 0 unspecified atom stereocenters. The van der Waals surface area contributed by atoms with Crippen molar-refractivity contribution in [3.8, 4) is 0 Å². The molecule has 9 nitrogen and oxygen atoms in total. The number of fused-ring (bicyclic) bond motifs is 5. The van der Waals surface area contributed by atoms with Gasteiger partial charge in [-0.2, -0.15) is 0 Å². The SMILES string of the molecule is CSc1nc2sc3c(c2c2nnc(SCC(=O)c4ccc([N+](=O)[O-])cc4)n12)CC(C)(C)OC3. The summed E-state index contributed by atoms with van der Waals surface area (Å²) in [5.74, 6) is -0.00854. The number of thioether (sulfide) groups is 2. The monoisotopic (exact) mass is 501 g/mol. The van der Waals surface area contributed by atoms with Gasteiger partial charge in [-0.25, -0.2) is 9.38 Å². The summed E-state index contributed by atoms with van der Waals surface area (Å²) in [6, 6.07) is 5.62. The summed E-state index contributed by atoms with van der Waals surface area (Å²) in [7, 11) is 0. The number of carbonyl (C=O) groups excluding carboxylic acids is 1. The Morgan fingerprint density at radius 2 is 2.03 bits per heavy atom. The zero-order valence-electron chi connectivity index (χ0n) is 18.0. The Balaban J connectivity index is 1.49. The summed E-state index contributed by atoms with van der Waals surface area (Å²) in [6.07, 6.45) is 2.72. The van der Waals surface area contributed by atoms with Gasteiger partial charge in [0, 0.05) is 29.0 Å². The molecule has 12 heteroatoms. The van der Waals surface area contributed by atoms with Gasteiger partial charge in [-0.1, -0.05) is 23.5 Å². The number of rotatable bonds is 6. The van der Waals surface area contributed by atoms with E-state index in [0.29, 0.717) is 17.3 Å². The molecule has 0 saturated carbocycles. The lowest BCUT2D eigenvalue weighted by Crippen LogP contribution is -2.31. The second-order valence-electron chi connectivity index (χ2n) is 8.17. The number of hydrogen-bond acceptors (Lipinski definition) is 10. The highest BCUT2D eigenvalue weighted by atomic mass is 32.2. The van der Waals surface area contributed by atoms with E-state index >= 15 is 0 Å². The summed E-state index contributed by atoms with van der Waals surface area (Å²) in [5.41, 5.74) is 2.06. The van der Waals surface area contributed by atoms with Gasteiger partial charge in [0.2, 0.25) is 0 Å². The molecule has 1 aromatic carbocycles. The van der Waals surface area contributed by atoms with Crippen molar-refractivity contribution in [1.29, 1.82) is 0 Å². The largest absolute Gasteiger partial charge is 0.370 e. The minimum Gasteiger partial charge on any atom is -0.370 e. The molecule has 5 rings (SSSR count). The van der Waals surface area contributed by atoms with Crippen LogP contribution in [0.2, 0.25) is 0 Å². The maximum absolute atomic E-state index is 12.7. The Kier molecular flexibility index (Phi) is 5.63.